The molecule has 1 aromatic rings. The smallest absolute Gasteiger partial charge is 0.190 e. The number of rotatable bonds is 12. The van der Waals surface area contributed by atoms with Crippen LogP contribution in [0.15, 0.2) is 22.5 Å². The fourth-order valence-corrected chi connectivity index (χ4v) is 2.99. The van der Waals surface area contributed by atoms with Gasteiger partial charge in [0.05, 0.1) is 13.2 Å². The normalized spacial score (nSPS) is 12.5. The molecule has 1 rings (SSSR count). The van der Waals surface area contributed by atoms with Gasteiger partial charge in [-0.15, -0.1) is 35.3 Å². The molecular formula is C17H32IN3O2S. The Morgan fingerprint density at radius 3 is 2.75 bits per heavy atom. The predicted molar refractivity (Wildman–Crippen MR) is 114 cm³/mol. The molecule has 0 spiro atoms. The maximum absolute atomic E-state index is 5.44. The summed E-state index contributed by atoms with van der Waals surface area (Å²) in [5.74, 6) is 1.46. The number of guanidine groups is 1. The van der Waals surface area contributed by atoms with Gasteiger partial charge >= 0.3 is 0 Å². The van der Waals surface area contributed by atoms with Crippen LogP contribution in [0.3, 0.4) is 0 Å². The van der Waals surface area contributed by atoms with E-state index in [1.165, 1.54) is 4.88 Å². The summed E-state index contributed by atoms with van der Waals surface area (Å²) in [7, 11) is 3.50. The topological polar surface area (TPSA) is 54.9 Å². The third-order valence-corrected chi connectivity index (χ3v) is 4.31. The van der Waals surface area contributed by atoms with Crippen LogP contribution < -0.4 is 10.6 Å². The van der Waals surface area contributed by atoms with Crippen molar-refractivity contribution in [3.63, 3.8) is 0 Å². The van der Waals surface area contributed by atoms with E-state index in [2.05, 4.69) is 40.1 Å². The molecule has 1 aromatic heterocycles. The Kier molecular flexibility index (Phi) is 15.9. The minimum absolute atomic E-state index is 0. The number of unbranched alkanes of at least 4 members (excludes halogenated alkanes) is 1. The lowest BCUT2D eigenvalue weighted by Crippen LogP contribution is -2.40. The molecule has 1 atom stereocenters. The monoisotopic (exact) mass is 469 g/mol. The van der Waals surface area contributed by atoms with Gasteiger partial charge in [0.1, 0.15) is 0 Å². The Hall–Kier alpha value is -0.380. The van der Waals surface area contributed by atoms with Gasteiger partial charge in [0.15, 0.2) is 5.96 Å². The van der Waals surface area contributed by atoms with Crippen molar-refractivity contribution < 1.29 is 9.47 Å². The van der Waals surface area contributed by atoms with Crippen LogP contribution in [0.5, 0.6) is 0 Å². The van der Waals surface area contributed by atoms with Gasteiger partial charge in [-0.2, -0.15) is 0 Å². The first-order chi connectivity index (χ1) is 11.3. The van der Waals surface area contributed by atoms with Gasteiger partial charge in [0.25, 0.3) is 0 Å². The Bertz CT molecular complexity index is 416. The minimum atomic E-state index is 0. The van der Waals surface area contributed by atoms with E-state index in [4.69, 9.17) is 9.47 Å². The summed E-state index contributed by atoms with van der Waals surface area (Å²) in [6.45, 7) is 6.23. The van der Waals surface area contributed by atoms with E-state index in [0.29, 0.717) is 19.1 Å². The molecule has 24 heavy (non-hydrogen) atoms. The molecule has 1 heterocycles. The van der Waals surface area contributed by atoms with Gasteiger partial charge in [-0.05, 0) is 36.6 Å². The van der Waals surface area contributed by atoms with Crippen LogP contribution in [0.2, 0.25) is 0 Å². The second-order valence-electron chi connectivity index (χ2n) is 5.58. The SMILES string of the molecule is CN=C(NCCCCOCCOC)NCC(C)Cc1cccs1.I. The van der Waals surface area contributed by atoms with E-state index in [0.717, 1.165) is 44.9 Å². The Balaban J connectivity index is 0.00000529. The molecule has 0 amide bonds. The summed E-state index contributed by atoms with van der Waals surface area (Å²) in [5, 5.41) is 8.88. The summed E-state index contributed by atoms with van der Waals surface area (Å²) >= 11 is 1.82. The molecule has 0 bridgehead atoms. The standard InChI is InChI=1S/C17H31N3O2S.HI/c1-15(13-16-7-6-12-23-16)14-20-17(18-2)19-8-4-5-9-22-11-10-21-3;/h6-7,12,15H,4-5,8-11,13-14H2,1-3H3,(H2,18,19,20);1H. The minimum Gasteiger partial charge on any atom is -0.382 e. The Morgan fingerprint density at radius 2 is 2.08 bits per heavy atom. The molecule has 5 nitrogen and oxygen atoms in total. The molecule has 7 heteroatoms. The lowest BCUT2D eigenvalue weighted by Gasteiger charge is -2.15. The molecule has 0 aliphatic rings. The number of aliphatic imine (C=N–C) groups is 1. The first kappa shape index (κ1) is 23.6. The highest BCUT2D eigenvalue weighted by Gasteiger charge is 2.05. The first-order valence-electron chi connectivity index (χ1n) is 8.29. The van der Waals surface area contributed by atoms with Crippen LogP contribution in [0.4, 0.5) is 0 Å². The van der Waals surface area contributed by atoms with E-state index in [1.54, 1.807) is 7.11 Å². The van der Waals surface area contributed by atoms with E-state index in [-0.39, 0.29) is 24.0 Å². The summed E-state index contributed by atoms with van der Waals surface area (Å²) in [6, 6.07) is 4.31. The molecule has 0 fully saturated rings. The number of halogens is 1. The molecular weight excluding hydrogens is 437 g/mol. The summed E-state index contributed by atoms with van der Waals surface area (Å²) in [4.78, 5) is 5.71. The first-order valence-corrected chi connectivity index (χ1v) is 9.17. The molecule has 1 unspecified atom stereocenters. The summed E-state index contributed by atoms with van der Waals surface area (Å²) < 4.78 is 10.4. The van der Waals surface area contributed by atoms with Gasteiger partial charge in [0, 0.05) is 38.7 Å². The van der Waals surface area contributed by atoms with Crippen LogP contribution in [-0.4, -0.2) is 53.0 Å². The number of ether oxygens (including phenoxy) is 2. The Labute approximate surface area is 167 Å². The summed E-state index contributed by atoms with van der Waals surface area (Å²) in [6.07, 6.45) is 3.22. The number of nitrogens with zero attached hydrogens (tertiary/aromatic N) is 1. The van der Waals surface area contributed by atoms with Gasteiger partial charge in [-0.25, -0.2) is 0 Å². The highest BCUT2D eigenvalue weighted by Crippen LogP contribution is 2.13. The zero-order valence-electron chi connectivity index (χ0n) is 15.0. The zero-order chi connectivity index (χ0) is 16.8. The lowest BCUT2D eigenvalue weighted by molar-refractivity contribution is 0.0689. The highest BCUT2D eigenvalue weighted by atomic mass is 127. The third-order valence-electron chi connectivity index (χ3n) is 3.41. The molecule has 0 saturated heterocycles. The van der Waals surface area contributed by atoms with Gasteiger partial charge in [0.2, 0.25) is 0 Å². The molecule has 2 N–H and O–H groups in total. The van der Waals surface area contributed by atoms with Crippen molar-refractivity contribution in [3.8, 4) is 0 Å². The molecule has 0 aliphatic heterocycles. The average Bonchev–Trinajstić information content (AvgIpc) is 3.05. The molecule has 0 aromatic carbocycles. The number of hydrogen-bond donors (Lipinski definition) is 2. The van der Waals surface area contributed by atoms with Gasteiger partial charge in [-0.1, -0.05) is 13.0 Å². The van der Waals surface area contributed by atoms with Crippen LogP contribution in [0.25, 0.3) is 0 Å². The van der Waals surface area contributed by atoms with Crippen molar-refractivity contribution in [2.45, 2.75) is 26.2 Å². The number of thiophene rings is 1. The van der Waals surface area contributed by atoms with Gasteiger partial charge < -0.3 is 20.1 Å². The maximum Gasteiger partial charge on any atom is 0.190 e. The van der Waals surface area contributed by atoms with Crippen molar-refractivity contribution in [1.29, 1.82) is 0 Å². The van der Waals surface area contributed by atoms with E-state index >= 15 is 0 Å². The largest absolute Gasteiger partial charge is 0.382 e. The fourth-order valence-electron chi connectivity index (χ4n) is 2.12. The van der Waals surface area contributed by atoms with E-state index in [9.17, 15) is 0 Å². The molecule has 140 valence electrons. The van der Waals surface area contributed by atoms with Crippen LogP contribution in [-0.2, 0) is 15.9 Å². The second-order valence-corrected chi connectivity index (χ2v) is 6.61. The lowest BCUT2D eigenvalue weighted by atomic mass is 10.1. The molecule has 0 radical (unpaired) electrons. The number of nitrogens with one attached hydrogen (secondary N) is 2. The summed E-state index contributed by atoms with van der Waals surface area (Å²) in [5.41, 5.74) is 0. The van der Waals surface area contributed by atoms with Crippen molar-refractivity contribution in [3.05, 3.63) is 22.4 Å². The van der Waals surface area contributed by atoms with Crippen molar-refractivity contribution >= 4 is 41.3 Å². The molecule has 0 saturated carbocycles. The highest BCUT2D eigenvalue weighted by molar-refractivity contribution is 14.0. The van der Waals surface area contributed by atoms with Crippen molar-refractivity contribution in [1.82, 2.24) is 10.6 Å². The van der Waals surface area contributed by atoms with Crippen LogP contribution in [0.1, 0.15) is 24.6 Å². The second kappa shape index (κ2) is 16.1. The number of methoxy groups -OCH3 is 1. The fraction of sp³-hybridized carbons (Fsp3) is 0.706. The predicted octanol–water partition coefficient (Wildman–Crippen LogP) is 3.15. The van der Waals surface area contributed by atoms with E-state index < -0.39 is 0 Å². The average molecular weight is 469 g/mol. The van der Waals surface area contributed by atoms with Crippen molar-refractivity contribution in [2.75, 3.05) is 47.1 Å². The quantitative estimate of drug-likeness (QED) is 0.214. The molecule has 0 aliphatic carbocycles. The van der Waals surface area contributed by atoms with Crippen LogP contribution >= 0.6 is 35.3 Å². The van der Waals surface area contributed by atoms with Crippen LogP contribution in [0, 0.1) is 5.92 Å². The Morgan fingerprint density at radius 1 is 1.25 bits per heavy atom. The van der Waals surface area contributed by atoms with E-state index in [1.807, 2.05) is 18.4 Å². The maximum atomic E-state index is 5.44. The van der Waals surface area contributed by atoms with Gasteiger partial charge in [-0.3, -0.25) is 4.99 Å². The zero-order valence-corrected chi connectivity index (χ0v) is 18.2. The van der Waals surface area contributed by atoms with Crippen molar-refractivity contribution in [2.24, 2.45) is 10.9 Å². The number of hydrogen-bond acceptors (Lipinski definition) is 4. The third kappa shape index (κ3) is 12.0.